The number of anilines is 1. The minimum absolute atomic E-state index is 0. The van der Waals surface area contributed by atoms with Crippen LogP contribution in [-0.4, -0.2) is 56.4 Å². The van der Waals surface area contributed by atoms with Crippen LogP contribution in [0.2, 0.25) is 0 Å². The SMILES string of the molecule is CCNC(=NCC(C)(C)c1ccc2c(c1)OCCO2)NC1CCN(c2ncccc2F)C1.I. The summed E-state index contributed by atoms with van der Waals surface area (Å²) in [5.74, 6) is 2.49. The Labute approximate surface area is 212 Å². The largest absolute Gasteiger partial charge is 0.486 e. The first kappa shape index (κ1) is 25.3. The number of rotatable bonds is 6. The summed E-state index contributed by atoms with van der Waals surface area (Å²) in [7, 11) is 0. The fourth-order valence-corrected chi connectivity index (χ4v) is 4.03. The van der Waals surface area contributed by atoms with Gasteiger partial charge in [-0.1, -0.05) is 19.9 Å². The van der Waals surface area contributed by atoms with Gasteiger partial charge in [-0.3, -0.25) is 4.99 Å². The van der Waals surface area contributed by atoms with Gasteiger partial charge in [-0.05, 0) is 43.2 Å². The van der Waals surface area contributed by atoms with Crippen molar-refractivity contribution in [2.24, 2.45) is 4.99 Å². The normalized spacial score (nSPS) is 18.0. The van der Waals surface area contributed by atoms with Crippen molar-refractivity contribution in [1.82, 2.24) is 15.6 Å². The molecule has 3 heterocycles. The Morgan fingerprint density at radius 3 is 2.79 bits per heavy atom. The molecular weight excluding hydrogens is 536 g/mol. The summed E-state index contributed by atoms with van der Waals surface area (Å²) in [6, 6.07) is 9.35. The van der Waals surface area contributed by atoms with Crippen LogP contribution in [0.15, 0.2) is 41.5 Å². The van der Waals surface area contributed by atoms with Crippen molar-refractivity contribution in [3.63, 3.8) is 0 Å². The molecule has 4 rings (SSSR count). The number of pyridine rings is 1. The quantitative estimate of drug-likeness (QED) is 0.314. The summed E-state index contributed by atoms with van der Waals surface area (Å²) in [4.78, 5) is 11.0. The number of guanidine groups is 1. The standard InChI is InChI=1S/C24H32FN5O2.HI/c1-4-26-23(29-18-9-11-30(15-18)22-19(25)6-5-10-27-22)28-16-24(2,3)17-7-8-20-21(14-17)32-13-12-31-20;/h5-8,10,14,18H,4,9,11-13,15-16H2,1-3H3,(H2,26,28,29);1H. The van der Waals surface area contributed by atoms with Crippen LogP contribution in [0.3, 0.4) is 0 Å². The molecule has 9 heteroatoms. The Hall–Kier alpha value is -2.30. The minimum atomic E-state index is -0.282. The van der Waals surface area contributed by atoms with E-state index in [9.17, 15) is 4.39 Å². The van der Waals surface area contributed by atoms with Crippen LogP contribution in [0.25, 0.3) is 0 Å². The number of halogens is 2. The van der Waals surface area contributed by atoms with Crippen LogP contribution in [0.4, 0.5) is 10.2 Å². The lowest BCUT2D eigenvalue weighted by Crippen LogP contribution is -2.45. The van der Waals surface area contributed by atoms with E-state index in [-0.39, 0.29) is 41.3 Å². The molecule has 33 heavy (non-hydrogen) atoms. The number of nitrogens with zero attached hydrogens (tertiary/aromatic N) is 3. The van der Waals surface area contributed by atoms with Crippen LogP contribution in [0.1, 0.15) is 32.8 Å². The summed E-state index contributed by atoms with van der Waals surface area (Å²) < 4.78 is 25.5. The molecular formula is C24H33FIN5O2. The average Bonchev–Trinajstić information content (AvgIpc) is 3.26. The van der Waals surface area contributed by atoms with Crippen molar-refractivity contribution in [3.8, 4) is 11.5 Å². The van der Waals surface area contributed by atoms with E-state index in [4.69, 9.17) is 14.5 Å². The zero-order chi connectivity index (χ0) is 22.6. The average molecular weight is 569 g/mol. The lowest BCUT2D eigenvalue weighted by molar-refractivity contribution is 0.171. The summed E-state index contributed by atoms with van der Waals surface area (Å²) >= 11 is 0. The van der Waals surface area contributed by atoms with Crippen molar-refractivity contribution < 1.29 is 13.9 Å². The van der Waals surface area contributed by atoms with Crippen LogP contribution in [-0.2, 0) is 5.41 Å². The number of fused-ring (bicyclic) bond motifs is 1. The van der Waals surface area contributed by atoms with Crippen molar-refractivity contribution >= 4 is 35.8 Å². The van der Waals surface area contributed by atoms with E-state index in [1.165, 1.54) is 6.07 Å². The van der Waals surface area contributed by atoms with Gasteiger partial charge in [0.15, 0.2) is 29.1 Å². The molecule has 2 aliphatic rings. The smallest absolute Gasteiger partial charge is 0.191 e. The molecule has 1 aromatic carbocycles. The van der Waals surface area contributed by atoms with E-state index in [0.29, 0.717) is 32.1 Å². The van der Waals surface area contributed by atoms with Crippen LogP contribution >= 0.6 is 24.0 Å². The summed E-state index contributed by atoms with van der Waals surface area (Å²) in [5.41, 5.74) is 0.968. The maximum atomic E-state index is 14.1. The van der Waals surface area contributed by atoms with E-state index in [2.05, 4.69) is 41.6 Å². The molecule has 0 aliphatic carbocycles. The van der Waals surface area contributed by atoms with E-state index in [0.717, 1.165) is 42.5 Å². The number of aromatic nitrogens is 1. The third-order valence-electron chi connectivity index (χ3n) is 5.87. The molecule has 0 amide bonds. The van der Waals surface area contributed by atoms with Gasteiger partial charge in [0, 0.05) is 37.3 Å². The summed E-state index contributed by atoms with van der Waals surface area (Å²) in [6.07, 6.45) is 2.52. The van der Waals surface area contributed by atoms with Gasteiger partial charge in [0.2, 0.25) is 0 Å². The van der Waals surface area contributed by atoms with Gasteiger partial charge in [-0.15, -0.1) is 24.0 Å². The molecule has 0 bridgehead atoms. The molecule has 0 saturated carbocycles. The van der Waals surface area contributed by atoms with Crippen LogP contribution < -0.4 is 25.0 Å². The Balaban J connectivity index is 0.00000306. The van der Waals surface area contributed by atoms with Gasteiger partial charge < -0.3 is 25.0 Å². The highest BCUT2D eigenvalue weighted by molar-refractivity contribution is 14.0. The molecule has 0 spiro atoms. The van der Waals surface area contributed by atoms with E-state index in [1.54, 1.807) is 12.3 Å². The molecule has 1 unspecified atom stereocenters. The second-order valence-electron chi connectivity index (χ2n) is 8.82. The van der Waals surface area contributed by atoms with Gasteiger partial charge in [0.05, 0.1) is 6.54 Å². The third-order valence-corrected chi connectivity index (χ3v) is 5.87. The number of nitrogens with one attached hydrogen (secondary N) is 2. The highest BCUT2D eigenvalue weighted by Gasteiger charge is 2.27. The second-order valence-corrected chi connectivity index (χ2v) is 8.82. The van der Waals surface area contributed by atoms with Gasteiger partial charge in [-0.2, -0.15) is 0 Å². The molecule has 0 radical (unpaired) electrons. The first-order valence-electron chi connectivity index (χ1n) is 11.3. The zero-order valence-corrected chi connectivity index (χ0v) is 21.8. The first-order chi connectivity index (χ1) is 15.5. The van der Waals surface area contributed by atoms with Crippen molar-refractivity contribution in [3.05, 3.63) is 47.9 Å². The zero-order valence-electron chi connectivity index (χ0n) is 19.4. The number of ether oxygens (including phenoxy) is 2. The fourth-order valence-electron chi connectivity index (χ4n) is 4.03. The van der Waals surface area contributed by atoms with E-state index >= 15 is 0 Å². The number of hydrogen-bond donors (Lipinski definition) is 2. The van der Waals surface area contributed by atoms with Gasteiger partial charge in [0.1, 0.15) is 13.2 Å². The molecule has 2 aliphatic heterocycles. The molecule has 2 N–H and O–H groups in total. The Morgan fingerprint density at radius 2 is 2.03 bits per heavy atom. The Morgan fingerprint density at radius 1 is 1.24 bits per heavy atom. The summed E-state index contributed by atoms with van der Waals surface area (Å²) in [5, 5.41) is 6.85. The molecule has 1 fully saturated rings. The lowest BCUT2D eigenvalue weighted by atomic mass is 9.84. The number of aliphatic imine (C=N–C) groups is 1. The molecule has 2 aromatic rings. The monoisotopic (exact) mass is 569 g/mol. The first-order valence-corrected chi connectivity index (χ1v) is 11.3. The topological polar surface area (TPSA) is 71.0 Å². The highest BCUT2D eigenvalue weighted by atomic mass is 127. The maximum Gasteiger partial charge on any atom is 0.191 e. The van der Waals surface area contributed by atoms with Gasteiger partial charge in [-0.25, -0.2) is 9.37 Å². The van der Waals surface area contributed by atoms with Crippen molar-refractivity contribution in [2.45, 2.75) is 38.6 Å². The second kappa shape index (κ2) is 11.2. The number of benzene rings is 1. The number of hydrogen-bond acceptors (Lipinski definition) is 5. The highest BCUT2D eigenvalue weighted by Crippen LogP contribution is 2.35. The van der Waals surface area contributed by atoms with Crippen molar-refractivity contribution in [2.75, 3.05) is 44.3 Å². The Bertz CT molecular complexity index is 972. The Kier molecular flexibility index (Phi) is 8.61. The summed E-state index contributed by atoms with van der Waals surface area (Å²) in [6.45, 7) is 10.4. The van der Waals surface area contributed by atoms with Gasteiger partial charge >= 0.3 is 0 Å². The van der Waals surface area contributed by atoms with Crippen molar-refractivity contribution in [1.29, 1.82) is 0 Å². The molecule has 7 nitrogen and oxygen atoms in total. The minimum Gasteiger partial charge on any atom is -0.486 e. The predicted octanol–water partition coefficient (Wildman–Crippen LogP) is 3.72. The maximum absolute atomic E-state index is 14.1. The predicted molar refractivity (Wildman–Crippen MR) is 140 cm³/mol. The molecule has 180 valence electrons. The van der Waals surface area contributed by atoms with Crippen LogP contribution in [0, 0.1) is 5.82 Å². The molecule has 1 saturated heterocycles. The van der Waals surface area contributed by atoms with E-state index < -0.39 is 0 Å². The fraction of sp³-hybridized carbons (Fsp3) is 0.500. The van der Waals surface area contributed by atoms with E-state index in [1.807, 2.05) is 17.9 Å². The van der Waals surface area contributed by atoms with Gasteiger partial charge in [0.25, 0.3) is 0 Å². The van der Waals surface area contributed by atoms with Crippen LogP contribution in [0.5, 0.6) is 11.5 Å². The molecule has 1 aromatic heterocycles. The molecule has 1 atom stereocenters. The lowest BCUT2D eigenvalue weighted by Gasteiger charge is -2.27. The third kappa shape index (κ3) is 6.18.